The lowest BCUT2D eigenvalue weighted by Crippen LogP contribution is -1.95. The fraction of sp³-hybridized carbons (Fsp3) is 0.400. The molecule has 2 rings (SSSR count). The smallest absolute Gasteiger partial charge is 0.231 e. The summed E-state index contributed by atoms with van der Waals surface area (Å²) in [4.78, 5) is 0. The summed E-state index contributed by atoms with van der Waals surface area (Å²) in [5.41, 5.74) is 1.11. The molecule has 1 heterocycles. The molecule has 0 atom stereocenters. The summed E-state index contributed by atoms with van der Waals surface area (Å²) in [6, 6.07) is 5.85. The molecule has 0 bridgehead atoms. The van der Waals surface area contributed by atoms with Crippen LogP contribution in [0.5, 0.6) is 11.5 Å². The highest BCUT2D eigenvalue weighted by molar-refractivity contribution is 9.09. The molecule has 1 aromatic carbocycles. The zero-order valence-corrected chi connectivity index (χ0v) is 9.25. The molecule has 0 aliphatic carbocycles. The average Bonchev–Trinajstić information content (AvgIpc) is 2.65. The molecule has 0 aromatic heterocycles. The second kappa shape index (κ2) is 4.66. The van der Waals surface area contributed by atoms with Gasteiger partial charge >= 0.3 is 0 Å². The van der Waals surface area contributed by atoms with E-state index in [2.05, 4.69) is 15.9 Å². The third-order valence-corrected chi connectivity index (χ3v) is 2.25. The van der Waals surface area contributed by atoms with E-state index in [-0.39, 0.29) is 0 Å². The summed E-state index contributed by atoms with van der Waals surface area (Å²) >= 11 is 3.30. The van der Waals surface area contributed by atoms with Crippen molar-refractivity contribution in [1.29, 1.82) is 0 Å². The summed E-state index contributed by atoms with van der Waals surface area (Å²) < 4.78 is 15.9. The SMILES string of the molecule is BrCCOCc1ccc2c(c1)OCO2. The van der Waals surface area contributed by atoms with Crippen molar-refractivity contribution in [2.75, 3.05) is 18.7 Å². The van der Waals surface area contributed by atoms with Crippen molar-refractivity contribution in [3.05, 3.63) is 23.8 Å². The molecule has 0 spiro atoms. The van der Waals surface area contributed by atoms with Crippen LogP contribution in [-0.4, -0.2) is 18.7 Å². The Morgan fingerprint density at radius 1 is 1.29 bits per heavy atom. The lowest BCUT2D eigenvalue weighted by molar-refractivity contribution is 0.137. The summed E-state index contributed by atoms with van der Waals surface area (Å²) in [7, 11) is 0. The topological polar surface area (TPSA) is 27.7 Å². The van der Waals surface area contributed by atoms with Crippen molar-refractivity contribution in [2.24, 2.45) is 0 Å². The Kier molecular flexibility index (Phi) is 3.26. The molecule has 1 aromatic rings. The molecule has 0 unspecified atom stereocenters. The van der Waals surface area contributed by atoms with Crippen LogP contribution in [0, 0.1) is 0 Å². The van der Waals surface area contributed by atoms with E-state index < -0.39 is 0 Å². The Morgan fingerprint density at radius 3 is 3.00 bits per heavy atom. The maximum atomic E-state index is 5.39. The lowest BCUT2D eigenvalue weighted by atomic mass is 10.2. The van der Waals surface area contributed by atoms with Gasteiger partial charge in [-0.1, -0.05) is 22.0 Å². The zero-order chi connectivity index (χ0) is 9.80. The summed E-state index contributed by atoms with van der Waals surface area (Å²) in [6.07, 6.45) is 0. The molecule has 0 amide bonds. The Hall–Kier alpha value is -0.740. The van der Waals surface area contributed by atoms with Crippen molar-refractivity contribution in [2.45, 2.75) is 6.61 Å². The highest BCUT2D eigenvalue weighted by atomic mass is 79.9. The zero-order valence-electron chi connectivity index (χ0n) is 7.66. The highest BCUT2D eigenvalue weighted by Crippen LogP contribution is 2.32. The van der Waals surface area contributed by atoms with Gasteiger partial charge in [-0.15, -0.1) is 0 Å². The molecule has 14 heavy (non-hydrogen) atoms. The van der Waals surface area contributed by atoms with Crippen LogP contribution in [0.1, 0.15) is 5.56 Å². The number of alkyl halides is 1. The molecule has 76 valence electrons. The van der Waals surface area contributed by atoms with E-state index in [4.69, 9.17) is 14.2 Å². The first-order chi connectivity index (χ1) is 6.90. The number of fused-ring (bicyclic) bond motifs is 1. The third-order valence-electron chi connectivity index (χ3n) is 1.93. The van der Waals surface area contributed by atoms with Gasteiger partial charge in [-0.3, -0.25) is 0 Å². The maximum Gasteiger partial charge on any atom is 0.231 e. The van der Waals surface area contributed by atoms with Crippen LogP contribution in [0.3, 0.4) is 0 Å². The second-order valence-electron chi connectivity index (χ2n) is 2.93. The lowest BCUT2D eigenvalue weighted by Gasteiger charge is -2.03. The molecule has 0 saturated heterocycles. The number of benzene rings is 1. The first kappa shape index (κ1) is 9.80. The van der Waals surface area contributed by atoms with Gasteiger partial charge in [0, 0.05) is 5.33 Å². The molecule has 0 radical (unpaired) electrons. The monoisotopic (exact) mass is 258 g/mol. The normalized spacial score (nSPS) is 13.2. The third kappa shape index (κ3) is 2.19. The number of hydrogen-bond donors (Lipinski definition) is 0. The molecular weight excluding hydrogens is 248 g/mol. The van der Waals surface area contributed by atoms with E-state index in [9.17, 15) is 0 Å². The molecule has 4 heteroatoms. The van der Waals surface area contributed by atoms with Gasteiger partial charge in [0.25, 0.3) is 0 Å². The Labute approximate surface area is 91.1 Å². The van der Waals surface area contributed by atoms with Gasteiger partial charge in [-0.05, 0) is 17.7 Å². The fourth-order valence-electron chi connectivity index (χ4n) is 1.28. The Morgan fingerprint density at radius 2 is 2.14 bits per heavy atom. The van der Waals surface area contributed by atoms with Crippen LogP contribution in [0.2, 0.25) is 0 Å². The van der Waals surface area contributed by atoms with E-state index in [0.717, 1.165) is 22.4 Å². The van der Waals surface area contributed by atoms with Crippen LogP contribution < -0.4 is 9.47 Å². The summed E-state index contributed by atoms with van der Waals surface area (Å²) in [6.45, 7) is 1.65. The van der Waals surface area contributed by atoms with Gasteiger partial charge in [0.2, 0.25) is 6.79 Å². The average molecular weight is 259 g/mol. The first-order valence-corrected chi connectivity index (χ1v) is 5.54. The minimum atomic E-state index is 0.320. The van der Waals surface area contributed by atoms with Crippen LogP contribution in [0.25, 0.3) is 0 Å². The standard InChI is InChI=1S/C10H11BrO3/c11-3-4-12-6-8-1-2-9-10(5-8)14-7-13-9/h1-2,5H,3-4,6-7H2. The van der Waals surface area contributed by atoms with Gasteiger partial charge in [0.1, 0.15) is 0 Å². The minimum Gasteiger partial charge on any atom is -0.454 e. The molecule has 1 aliphatic rings. The van der Waals surface area contributed by atoms with Crippen molar-refractivity contribution in [3.8, 4) is 11.5 Å². The van der Waals surface area contributed by atoms with E-state index in [1.807, 2.05) is 18.2 Å². The number of ether oxygens (including phenoxy) is 3. The Balaban J connectivity index is 1.98. The maximum absolute atomic E-state index is 5.39. The summed E-state index contributed by atoms with van der Waals surface area (Å²) in [5, 5.41) is 0.859. The second-order valence-corrected chi connectivity index (χ2v) is 3.72. The van der Waals surface area contributed by atoms with Gasteiger partial charge in [-0.25, -0.2) is 0 Å². The molecular formula is C10H11BrO3. The molecule has 1 aliphatic heterocycles. The summed E-state index contributed by atoms with van der Waals surface area (Å²) in [5.74, 6) is 1.62. The van der Waals surface area contributed by atoms with Gasteiger partial charge in [0.05, 0.1) is 13.2 Å². The predicted octanol–water partition coefficient (Wildman–Crippen LogP) is 2.33. The quantitative estimate of drug-likeness (QED) is 0.613. The van der Waals surface area contributed by atoms with Gasteiger partial charge in [-0.2, -0.15) is 0 Å². The molecule has 0 saturated carbocycles. The first-order valence-electron chi connectivity index (χ1n) is 4.42. The van der Waals surface area contributed by atoms with Crippen LogP contribution in [0.15, 0.2) is 18.2 Å². The number of hydrogen-bond acceptors (Lipinski definition) is 3. The van der Waals surface area contributed by atoms with Gasteiger partial charge in [0.15, 0.2) is 11.5 Å². The van der Waals surface area contributed by atoms with Gasteiger partial charge < -0.3 is 14.2 Å². The predicted molar refractivity (Wildman–Crippen MR) is 56.0 cm³/mol. The molecule has 3 nitrogen and oxygen atoms in total. The van der Waals surface area contributed by atoms with Crippen LogP contribution in [0.4, 0.5) is 0 Å². The largest absolute Gasteiger partial charge is 0.454 e. The molecule has 0 N–H and O–H groups in total. The van der Waals surface area contributed by atoms with Crippen molar-refractivity contribution in [3.63, 3.8) is 0 Å². The van der Waals surface area contributed by atoms with Crippen molar-refractivity contribution >= 4 is 15.9 Å². The van der Waals surface area contributed by atoms with E-state index in [1.54, 1.807) is 0 Å². The van der Waals surface area contributed by atoms with E-state index in [1.165, 1.54) is 0 Å². The minimum absolute atomic E-state index is 0.320. The van der Waals surface area contributed by atoms with Crippen molar-refractivity contribution in [1.82, 2.24) is 0 Å². The van der Waals surface area contributed by atoms with Crippen molar-refractivity contribution < 1.29 is 14.2 Å². The van der Waals surface area contributed by atoms with E-state index >= 15 is 0 Å². The highest BCUT2D eigenvalue weighted by Gasteiger charge is 2.12. The Bertz CT molecular complexity index is 314. The van der Waals surface area contributed by atoms with Crippen LogP contribution in [-0.2, 0) is 11.3 Å². The van der Waals surface area contributed by atoms with E-state index in [0.29, 0.717) is 20.0 Å². The number of rotatable bonds is 4. The number of halogens is 1. The molecule has 0 fully saturated rings. The van der Waals surface area contributed by atoms with Crippen LogP contribution >= 0.6 is 15.9 Å². The fourth-order valence-corrected chi connectivity index (χ4v) is 1.50.